The third kappa shape index (κ3) is 6.38. The number of rotatable bonds is 5. The van der Waals surface area contributed by atoms with Crippen molar-refractivity contribution in [3.63, 3.8) is 0 Å². The van der Waals surface area contributed by atoms with Crippen molar-refractivity contribution in [2.75, 3.05) is 13.7 Å². The molecule has 1 aliphatic heterocycles. The van der Waals surface area contributed by atoms with Crippen LogP contribution in [0.4, 0.5) is 0 Å². The summed E-state index contributed by atoms with van der Waals surface area (Å²) in [6.07, 6.45) is 1.23. The molecule has 19 heavy (non-hydrogen) atoms. The van der Waals surface area contributed by atoms with Gasteiger partial charge >= 0.3 is 13.3 Å². The highest BCUT2D eigenvalue weighted by Crippen LogP contribution is 2.22. The van der Waals surface area contributed by atoms with Crippen LogP contribution in [-0.2, 0) is 23.5 Å². The van der Waals surface area contributed by atoms with Crippen LogP contribution in [0.1, 0.15) is 40.0 Å². The summed E-state index contributed by atoms with van der Waals surface area (Å²) < 4.78 is 21.3. The van der Waals surface area contributed by atoms with Crippen molar-refractivity contribution in [3.8, 4) is 0 Å². The molecule has 0 aromatic rings. The molecule has 2 unspecified atom stereocenters. The summed E-state index contributed by atoms with van der Waals surface area (Å²) >= 11 is 0. The minimum absolute atomic E-state index is 0.0452. The maximum atomic E-state index is 11.8. The molecule has 2 atom stereocenters. The van der Waals surface area contributed by atoms with Gasteiger partial charge in [-0.2, -0.15) is 0 Å². The Bertz CT molecular complexity index is 294. The molecule has 2 N–H and O–H groups in total. The summed E-state index contributed by atoms with van der Waals surface area (Å²) in [5, 5.41) is 0. The van der Waals surface area contributed by atoms with E-state index in [9.17, 15) is 4.79 Å². The van der Waals surface area contributed by atoms with E-state index in [1.165, 1.54) is 7.11 Å². The van der Waals surface area contributed by atoms with E-state index in [1.54, 1.807) is 0 Å². The van der Waals surface area contributed by atoms with Crippen LogP contribution in [0.3, 0.4) is 0 Å². The molecule has 1 heterocycles. The molecule has 0 saturated carbocycles. The largest absolute Gasteiger partial charge is 0.639 e. The van der Waals surface area contributed by atoms with Crippen LogP contribution < -0.4 is 5.73 Å². The fourth-order valence-corrected chi connectivity index (χ4v) is 1.93. The molecule has 0 spiro atoms. The van der Waals surface area contributed by atoms with Crippen molar-refractivity contribution in [2.45, 2.75) is 57.8 Å². The molecular formula is C12H24BNO5. The fourth-order valence-electron chi connectivity index (χ4n) is 1.93. The standard InChI is InChI=1S/C12H24BNO5/c1-12(2,3)17-11(15)8-10-7-9(5-6-14)18-13(16-4)19-10/h9-10H,5-8,14H2,1-4H3. The molecule has 1 aliphatic rings. The van der Waals surface area contributed by atoms with Gasteiger partial charge in [-0.25, -0.2) is 0 Å². The number of hydrogen-bond donors (Lipinski definition) is 1. The average Bonchev–Trinajstić information content (AvgIpc) is 2.26. The molecule has 0 bridgehead atoms. The van der Waals surface area contributed by atoms with Crippen LogP contribution in [0.25, 0.3) is 0 Å². The molecule has 0 aliphatic carbocycles. The van der Waals surface area contributed by atoms with Crippen molar-refractivity contribution in [1.29, 1.82) is 0 Å². The molecule has 6 nitrogen and oxygen atoms in total. The first-order valence-corrected chi connectivity index (χ1v) is 6.59. The minimum Gasteiger partial charge on any atom is -0.460 e. The summed E-state index contributed by atoms with van der Waals surface area (Å²) in [5.74, 6) is -0.277. The average molecular weight is 273 g/mol. The van der Waals surface area contributed by atoms with Crippen molar-refractivity contribution in [2.24, 2.45) is 5.73 Å². The first-order valence-electron chi connectivity index (χ1n) is 6.59. The number of carbonyl (C=O) groups excluding carboxylic acids is 1. The lowest BCUT2D eigenvalue weighted by molar-refractivity contribution is -0.158. The Labute approximate surface area is 115 Å². The van der Waals surface area contributed by atoms with E-state index in [2.05, 4.69) is 0 Å². The van der Waals surface area contributed by atoms with Gasteiger partial charge in [-0.15, -0.1) is 0 Å². The maximum absolute atomic E-state index is 11.8. The van der Waals surface area contributed by atoms with E-state index in [0.717, 1.165) is 0 Å². The second kappa shape index (κ2) is 7.24. The Balaban J connectivity index is 2.49. The number of nitrogens with two attached hydrogens (primary N) is 1. The Morgan fingerprint density at radius 3 is 2.53 bits per heavy atom. The molecule has 110 valence electrons. The van der Waals surface area contributed by atoms with E-state index in [1.807, 2.05) is 20.8 Å². The lowest BCUT2D eigenvalue weighted by Crippen LogP contribution is -2.44. The Morgan fingerprint density at radius 2 is 2.00 bits per heavy atom. The number of esters is 1. The van der Waals surface area contributed by atoms with Crippen molar-refractivity contribution >= 4 is 13.3 Å². The Morgan fingerprint density at radius 1 is 1.37 bits per heavy atom. The number of carbonyl (C=O) groups is 1. The molecule has 0 radical (unpaired) electrons. The second-order valence-electron chi connectivity index (χ2n) is 5.64. The molecule has 1 rings (SSSR count). The van der Waals surface area contributed by atoms with E-state index in [4.69, 9.17) is 24.4 Å². The summed E-state index contributed by atoms with van der Waals surface area (Å²) in [6.45, 7) is 6.04. The van der Waals surface area contributed by atoms with Gasteiger partial charge in [0, 0.05) is 13.2 Å². The lowest BCUT2D eigenvalue weighted by atomic mass is 9.99. The van der Waals surface area contributed by atoms with Gasteiger partial charge in [0.1, 0.15) is 5.60 Å². The van der Waals surface area contributed by atoms with Gasteiger partial charge in [0.25, 0.3) is 0 Å². The van der Waals surface area contributed by atoms with Gasteiger partial charge in [0.2, 0.25) is 0 Å². The van der Waals surface area contributed by atoms with E-state index >= 15 is 0 Å². The highest BCUT2D eigenvalue weighted by Gasteiger charge is 2.36. The monoisotopic (exact) mass is 273 g/mol. The van der Waals surface area contributed by atoms with Gasteiger partial charge in [-0.05, 0) is 40.2 Å². The zero-order chi connectivity index (χ0) is 14.5. The second-order valence-corrected chi connectivity index (χ2v) is 5.64. The SMILES string of the molecule is COB1OC(CCN)CC(CC(=O)OC(C)(C)C)O1. The fraction of sp³-hybridized carbons (Fsp3) is 0.917. The molecule has 1 fully saturated rings. The summed E-state index contributed by atoms with van der Waals surface area (Å²) in [4.78, 5) is 11.8. The molecule has 0 aromatic carbocycles. The van der Waals surface area contributed by atoms with Crippen LogP contribution in [0.15, 0.2) is 0 Å². The molecular weight excluding hydrogens is 249 g/mol. The predicted molar refractivity (Wildman–Crippen MR) is 71.3 cm³/mol. The first-order chi connectivity index (χ1) is 8.84. The normalized spacial score (nSPS) is 24.4. The zero-order valence-electron chi connectivity index (χ0n) is 12.2. The van der Waals surface area contributed by atoms with Gasteiger partial charge in [-0.3, -0.25) is 4.79 Å². The molecule has 1 saturated heterocycles. The predicted octanol–water partition coefficient (Wildman–Crippen LogP) is 0.872. The molecule has 0 aromatic heterocycles. The Hall–Kier alpha value is -0.625. The third-order valence-electron chi connectivity index (χ3n) is 2.63. The zero-order valence-corrected chi connectivity index (χ0v) is 12.2. The van der Waals surface area contributed by atoms with Crippen LogP contribution in [0.5, 0.6) is 0 Å². The molecule has 0 amide bonds. The first kappa shape index (κ1) is 16.4. The quantitative estimate of drug-likeness (QED) is 0.591. The third-order valence-corrected chi connectivity index (χ3v) is 2.63. The summed E-state index contributed by atoms with van der Waals surface area (Å²) in [6, 6.07) is 0. The van der Waals surface area contributed by atoms with E-state index in [0.29, 0.717) is 19.4 Å². The number of ether oxygens (including phenoxy) is 1. The summed E-state index contributed by atoms with van der Waals surface area (Å²) in [5.41, 5.74) is 5.04. The van der Waals surface area contributed by atoms with Gasteiger partial charge in [0.05, 0.1) is 12.5 Å². The topological polar surface area (TPSA) is 80.0 Å². The maximum Gasteiger partial charge on any atom is 0.639 e. The van der Waals surface area contributed by atoms with E-state index in [-0.39, 0.29) is 24.6 Å². The minimum atomic E-state index is -0.738. The van der Waals surface area contributed by atoms with E-state index < -0.39 is 12.9 Å². The van der Waals surface area contributed by atoms with Crippen molar-refractivity contribution < 1.29 is 23.5 Å². The van der Waals surface area contributed by atoms with Crippen LogP contribution in [0.2, 0.25) is 0 Å². The highest BCUT2D eigenvalue weighted by atomic mass is 16.7. The molecule has 7 heteroatoms. The van der Waals surface area contributed by atoms with Crippen molar-refractivity contribution in [3.05, 3.63) is 0 Å². The smallest absolute Gasteiger partial charge is 0.460 e. The van der Waals surface area contributed by atoms with Gasteiger partial charge in [-0.1, -0.05) is 0 Å². The van der Waals surface area contributed by atoms with Crippen LogP contribution in [0, 0.1) is 0 Å². The highest BCUT2D eigenvalue weighted by molar-refractivity contribution is 6.36. The summed E-state index contributed by atoms with van der Waals surface area (Å²) in [7, 11) is 0.762. The number of hydrogen-bond acceptors (Lipinski definition) is 6. The van der Waals surface area contributed by atoms with Gasteiger partial charge < -0.3 is 24.4 Å². The Kier molecular flexibility index (Phi) is 6.26. The van der Waals surface area contributed by atoms with Gasteiger partial charge in [0.15, 0.2) is 0 Å². The van der Waals surface area contributed by atoms with Crippen LogP contribution >= 0.6 is 0 Å². The van der Waals surface area contributed by atoms with Crippen LogP contribution in [-0.4, -0.2) is 44.8 Å². The lowest BCUT2D eigenvalue weighted by Gasteiger charge is -2.32. The van der Waals surface area contributed by atoms with Crippen molar-refractivity contribution in [1.82, 2.24) is 0 Å².